The zero-order chi connectivity index (χ0) is 19.8. The molecule has 1 saturated carbocycles. The van der Waals surface area contributed by atoms with Crippen molar-refractivity contribution in [2.75, 3.05) is 0 Å². The molecule has 0 aromatic heterocycles. The molecule has 5 rings (SSSR count). The summed E-state index contributed by atoms with van der Waals surface area (Å²) in [5.74, 6) is -1.36. The van der Waals surface area contributed by atoms with Crippen molar-refractivity contribution in [3.63, 3.8) is 0 Å². The van der Waals surface area contributed by atoms with E-state index in [0.717, 1.165) is 16.7 Å². The van der Waals surface area contributed by atoms with Crippen molar-refractivity contribution in [1.29, 1.82) is 0 Å². The van der Waals surface area contributed by atoms with Gasteiger partial charge in [0.25, 0.3) is 0 Å². The second kappa shape index (κ2) is 7.41. The summed E-state index contributed by atoms with van der Waals surface area (Å²) in [6, 6.07) is 29.5. The first-order valence-corrected chi connectivity index (χ1v) is 10.1. The van der Waals surface area contributed by atoms with Crippen LogP contribution in [0.5, 0.6) is 0 Å². The normalized spacial score (nSPS) is 28.5. The van der Waals surface area contributed by atoms with Crippen LogP contribution in [0.15, 0.2) is 91.0 Å². The lowest BCUT2D eigenvalue weighted by Gasteiger charge is -2.23. The van der Waals surface area contributed by atoms with Crippen molar-refractivity contribution < 1.29 is 14.3 Å². The Hall–Kier alpha value is -3.04. The number of ether oxygens (including phenoxy) is 1. The Labute approximate surface area is 170 Å². The van der Waals surface area contributed by atoms with Crippen LogP contribution in [0, 0.1) is 5.92 Å². The highest BCUT2D eigenvalue weighted by Crippen LogP contribution is 2.49. The van der Waals surface area contributed by atoms with E-state index >= 15 is 0 Å². The molecule has 3 heteroatoms. The van der Waals surface area contributed by atoms with Crippen LogP contribution in [-0.4, -0.2) is 23.8 Å². The van der Waals surface area contributed by atoms with Gasteiger partial charge in [0.15, 0.2) is 11.6 Å². The van der Waals surface area contributed by atoms with E-state index in [9.17, 15) is 9.59 Å². The van der Waals surface area contributed by atoms with Gasteiger partial charge >= 0.3 is 0 Å². The number of carbonyl (C=O) groups is 2. The highest BCUT2D eigenvalue weighted by Gasteiger charge is 2.60. The molecule has 5 atom stereocenters. The first-order chi connectivity index (χ1) is 14.2. The molecule has 3 aromatic carbocycles. The van der Waals surface area contributed by atoms with Crippen LogP contribution in [0.4, 0.5) is 0 Å². The number of Topliss-reactive ketones (excluding diaryl/α,β-unsaturated/α-hetero) is 2. The summed E-state index contributed by atoms with van der Waals surface area (Å²) in [7, 11) is 0. The van der Waals surface area contributed by atoms with E-state index in [2.05, 4.69) is 12.1 Å². The van der Waals surface area contributed by atoms with Crippen molar-refractivity contribution in [3.05, 3.63) is 108 Å². The molecule has 29 heavy (non-hydrogen) atoms. The van der Waals surface area contributed by atoms with Crippen LogP contribution in [-0.2, 0) is 20.7 Å². The quantitative estimate of drug-likeness (QED) is 0.631. The standard InChI is InChI=1S/C26H22O3/c27-24-22(19-14-8-3-9-15-19)25(28)26-23(24)21(18-12-6-2-7-13-18)20(29-26)16-17-10-4-1-5-11-17/h1-15,20-23,26H,16H2. The van der Waals surface area contributed by atoms with Gasteiger partial charge < -0.3 is 4.74 Å². The predicted octanol–water partition coefficient (Wildman–Crippen LogP) is 4.33. The topological polar surface area (TPSA) is 43.4 Å². The van der Waals surface area contributed by atoms with Gasteiger partial charge in [0, 0.05) is 5.92 Å². The lowest BCUT2D eigenvalue weighted by atomic mass is 9.79. The number of benzene rings is 3. The van der Waals surface area contributed by atoms with Gasteiger partial charge in [-0.15, -0.1) is 0 Å². The van der Waals surface area contributed by atoms with Crippen molar-refractivity contribution in [1.82, 2.24) is 0 Å². The summed E-state index contributed by atoms with van der Waals surface area (Å²) >= 11 is 0. The number of hydrogen-bond donors (Lipinski definition) is 0. The van der Waals surface area contributed by atoms with Crippen molar-refractivity contribution in [2.45, 2.75) is 30.5 Å². The molecule has 0 N–H and O–H groups in total. The molecule has 0 bridgehead atoms. The number of hydrogen-bond acceptors (Lipinski definition) is 3. The lowest BCUT2D eigenvalue weighted by molar-refractivity contribution is -0.129. The van der Waals surface area contributed by atoms with E-state index in [-0.39, 0.29) is 23.6 Å². The van der Waals surface area contributed by atoms with E-state index in [1.807, 2.05) is 78.9 Å². The molecule has 2 fully saturated rings. The second-order valence-corrected chi connectivity index (χ2v) is 7.90. The summed E-state index contributed by atoms with van der Waals surface area (Å²) in [5.41, 5.74) is 2.99. The maximum atomic E-state index is 13.5. The maximum absolute atomic E-state index is 13.5. The first kappa shape index (κ1) is 18.0. The summed E-state index contributed by atoms with van der Waals surface area (Å²) in [5, 5.41) is 0. The molecule has 1 saturated heterocycles. The van der Waals surface area contributed by atoms with Gasteiger partial charge in [-0.25, -0.2) is 0 Å². The third-order valence-corrected chi connectivity index (χ3v) is 6.21. The van der Waals surface area contributed by atoms with Crippen LogP contribution in [0.25, 0.3) is 0 Å². The molecular weight excluding hydrogens is 360 g/mol. The first-order valence-electron chi connectivity index (χ1n) is 10.1. The zero-order valence-electron chi connectivity index (χ0n) is 16.0. The van der Waals surface area contributed by atoms with Gasteiger partial charge in [0.1, 0.15) is 12.0 Å². The molecule has 144 valence electrons. The zero-order valence-corrected chi connectivity index (χ0v) is 16.0. The third kappa shape index (κ3) is 3.12. The van der Waals surface area contributed by atoms with Crippen molar-refractivity contribution in [2.24, 2.45) is 5.92 Å². The third-order valence-electron chi connectivity index (χ3n) is 6.21. The van der Waals surface area contributed by atoms with Gasteiger partial charge in [0.05, 0.1) is 12.0 Å². The SMILES string of the molecule is O=C1C(c2ccccc2)C(=O)C2C1OC(Cc1ccccc1)C2c1ccccc1. The fourth-order valence-electron chi connectivity index (χ4n) is 4.94. The van der Waals surface area contributed by atoms with E-state index in [1.165, 1.54) is 0 Å². The minimum Gasteiger partial charge on any atom is -0.365 e. The van der Waals surface area contributed by atoms with E-state index in [0.29, 0.717) is 6.42 Å². The van der Waals surface area contributed by atoms with E-state index < -0.39 is 17.9 Å². The van der Waals surface area contributed by atoms with Crippen LogP contribution in [0.3, 0.4) is 0 Å². The van der Waals surface area contributed by atoms with E-state index in [4.69, 9.17) is 4.74 Å². The molecule has 3 nitrogen and oxygen atoms in total. The van der Waals surface area contributed by atoms with Crippen molar-refractivity contribution >= 4 is 11.6 Å². The average Bonchev–Trinajstić information content (AvgIpc) is 3.25. The molecule has 3 aromatic rings. The molecule has 0 spiro atoms. The average molecular weight is 382 g/mol. The predicted molar refractivity (Wildman–Crippen MR) is 111 cm³/mol. The van der Waals surface area contributed by atoms with Gasteiger partial charge in [-0.05, 0) is 23.1 Å². The highest BCUT2D eigenvalue weighted by molar-refractivity contribution is 6.17. The fraction of sp³-hybridized carbons (Fsp3) is 0.231. The Balaban J connectivity index is 1.52. The summed E-state index contributed by atoms with van der Waals surface area (Å²) in [4.78, 5) is 26.7. The summed E-state index contributed by atoms with van der Waals surface area (Å²) in [6.45, 7) is 0. The van der Waals surface area contributed by atoms with Gasteiger partial charge in [-0.1, -0.05) is 91.0 Å². The molecular formula is C26H22O3. The lowest BCUT2D eigenvalue weighted by Crippen LogP contribution is -2.27. The Morgan fingerprint density at radius 2 is 1.17 bits per heavy atom. The summed E-state index contributed by atoms with van der Waals surface area (Å²) in [6.07, 6.45) is -0.171. The largest absolute Gasteiger partial charge is 0.365 e. The number of fused-ring (bicyclic) bond motifs is 1. The smallest absolute Gasteiger partial charge is 0.177 e. The molecule has 0 radical (unpaired) electrons. The van der Waals surface area contributed by atoms with Crippen LogP contribution >= 0.6 is 0 Å². The minimum atomic E-state index is -0.713. The number of ketones is 2. The second-order valence-electron chi connectivity index (χ2n) is 7.90. The molecule has 1 aliphatic heterocycles. The Bertz CT molecular complexity index is 1010. The Morgan fingerprint density at radius 1 is 0.621 bits per heavy atom. The molecule has 1 aliphatic carbocycles. The Morgan fingerprint density at radius 3 is 1.79 bits per heavy atom. The van der Waals surface area contributed by atoms with Gasteiger partial charge in [-0.3, -0.25) is 9.59 Å². The number of rotatable bonds is 4. The molecule has 5 unspecified atom stereocenters. The van der Waals surface area contributed by atoms with Crippen LogP contribution in [0.2, 0.25) is 0 Å². The van der Waals surface area contributed by atoms with Crippen LogP contribution < -0.4 is 0 Å². The maximum Gasteiger partial charge on any atom is 0.177 e. The minimum absolute atomic E-state index is 0.00406. The Kier molecular flexibility index (Phi) is 4.61. The molecule has 1 heterocycles. The van der Waals surface area contributed by atoms with Gasteiger partial charge in [-0.2, -0.15) is 0 Å². The fourth-order valence-corrected chi connectivity index (χ4v) is 4.94. The van der Waals surface area contributed by atoms with Crippen LogP contribution in [0.1, 0.15) is 28.5 Å². The number of carbonyl (C=O) groups excluding carboxylic acids is 2. The summed E-state index contributed by atoms with van der Waals surface area (Å²) < 4.78 is 6.32. The monoisotopic (exact) mass is 382 g/mol. The van der Waals surface area contributed by atoms with Crippen molar-refractivity contribution in [3.8, 4) is 0 Å². The molecule has 0 amide bonds. The van der Waals surface area contributed by atoms with E-state index in [1.54, 1.807) is 0 Å². The van der Waals surface area contributed by atoms with Gasteiger partial charge in [0.2, 0.25) is 0 Å². The highest BCUT2D eigenvalue weighted by atomic mass is 16.5. The molecule has 2 aliphatic rings.